The highest BCUT2D eigenvalue weighted by atomic mass is 16.5. The number of esters is 1. The summed E-state index contributed by atoms with van der Waals surface area (Å²) in [5.41, 5.74) is 2.11. The van der Waals surface area contributed by atoms with Crippen LogP contribution in [0.1, 0.15) is 12.5 Å². The number of aryl methyl sites for hydroxylation is 2. The van der Waals surface area contributed by atoms with Crippen LogP contribution in [0.5, 0.6) is 0 Å². The minimum Gasteiger partial charge on any atom is -0.468 e. The van der Waals surface area contributed by atoms with Crippen molar-refractivity contribution >= 4 is 29.7 Å². The second-order valence-electron chi connectivity index (χ2n) is 6.29. The van der Waals surface area contributed by atoms with Gasteiger partial charge in [-0.2, -0.15) is 7.28 Å². The fourth-order valence-electron chi connectivity index (χ4n) is 3.10. The second kappa shape index (κ2) is 7.56. The van der Waals surface area contributed by atoms with Crippen molar-refractivity contribution < 1.29 is 14.1 Å². The van der Waals surface area contributed by atoms with Crippen LogP contribution in [0.3, 0.4) is 0 Å². The number of rotatable bonds is 6. The molecule has 3 rings (SSSR count). The molecule has 0 N–H and O–H groups in total. The Balaban J connectivity index is 1.86. The van der Waals surface area contributed by atoms with E-state index >= 15 is 0 Å². The molecule has 0 aliphatic rings. The minimum absolute atomic E-state index is 0.183. The van der Waals surface area contributed by atoms with Gasteiger partial charge in [0.2, 0.25) is 0 Å². The van der Waals surface area contributed by atoms with E-state index in [1.54, 1.807) is 0 Å². The minimum atomic E-state index is -0.319. The summed E-state index contributed by atoms with van der Waals surface area (Å²) in [6.07, 6.45) is 4.57. The van der Waals surface area contributed by atoms with Crippen LogP contribution in [0.25, 0.3) is 10.8 Å². The first-order valence-electron chi connectivity index (χ1n) is 8.58. The van der Waals surface area contributed by atoms with Crippen molar-refractivity contribution in [2.24, 2.45) is 14.1 Å². The van der Waals surface area contributed by atoms with E-state index in [0.717, 1.165) is 11.3 Å². The Hall–Kier alpha value is -2.56. The highest BCUT2D eigenvalue weighted by Crippen LogP contribution is 2.20. The smallest absolute Gasteiger partial charge is 0.268 e. The Morgan fingerprint density at radius 3 is 2.68 bits per heavy atom. The second-order valence-corrected chi connectivity index (χ2v) is 6.29. The van der Waals surface area contributed by atoms with Gasteiger partial charge in [0.1, 0.15) is 12.4 Å². The average molecular weight is 334 g/mol. The summed E-state index contributed by atoms with van der Waals surface area (Å²) in [4.78, 5) is 12.5. The van der Waals surface area contributed by atoms with Gasteiger partial charge in [-0.15, -0.1) is 5.82 Å². The lowest BCUT2D eigenvalue weighted by atomic mass is 9.61. The predicted molar refractivity (Wildman–Crippen MR) is 100 cm³/mol. The molecule has 2 aromatic carbocycles. The summed E-state index contributed by atoms with van der Waals surface area (Å²) >= 11 is 0. The van der Waals surface area contributed by atoms with Crippen molar-refractivity contribution in [2.75, 3.05) is 6.61 Å². The zero-order chi connectivity index (χ0) is 17.8. The molecule has 0 amide bonds. The molecule has 5 heteroatoms. The van der Waals surface area contributed by atoms with Gasteiger partial charge in [-0.1, -0.05) is 48.9 Å². The monoisotopic (exact) mass is 334 g/mol. The van der Waals surface area contributed by atoms with Crippen LogP contribution in [0.15, 0.2) is 54.9 Å². The van der Waals surface area contributed by atoms with Crippen molar-refractivity contribution in [1.82, 2.24) is 4.57 Å². The van der Waals surface area contributed by atoms with Gasteiger partial charge < -0.3 is 4.74 Å². The summed E-state index contributed by atoms with van der Waals surface area (Å²) in [6, 6.07) is 14.6. The number of hydrogen-bond acceptors (Lipinski definition) is 2. The molecule has 4 nitrogen and oxygen atoms in total. The van der Waals surface area contributed by atoms with E-state index < -0.39 is 0 Å². The predicted octanol–water partition coefficient (Wildman–Crippen LogP) is 1.93. The summed E-state index contributed by atoms with van der Waals surface area (Å²) in [7, 11) is 5.95. The van der Waals surface area contributed by atoms with Crippen molar-refractivity contribution in [3.63, 3.8) is 0 Å². The summed E-state index contributed by atoms with van der Waals surface area (Å²) in [5.74, 6) is -0.502. The van der Waals surface area contributed by atoms with Crippen LogP contribution in [0.2, 0.25) is 5.82 Å². The SMILES string of the molecule is CCOC(=O)C([B-]c1n(C)cc[n+]1C)Cc1ccc2ccccc2c1. The number of aromatic nitrogens is 2. The molecule has 0 saturated heterocycles. The normalized spacial score (nSPS) is 12.3. The van der Waals surface area contributed by atoms with Gasteiger partial charge in [0, 0.05) is 5.72 Å². The fourth-order valence-corrected chi connectivity index (χ4v) is 3.10. The van der Waals surface area contributed by atoms with Gasteiger partial charge in [-0.25, -0.2) is 0 Å². The van der Waals surface area contributed by atoms with E-state index in [0.29, 0.717) is 13.0 Å². The largest absolute Gasteiger partial charge is 0.468 e. The lowest BCUT2D eigenvalue weighted by molar-refractivity contribution is -0.653. The van der Waals surface area contributed by atoms with E-state index in [4.69, 9.17) is 4.74 Å². The van der Waals surface area contributed by atoms with E-state index in [-0.39, 0.29) is 11.8 Å². The Morgan fingerprint density at radius 2 is 2.00 bits per heavy atom. The molecule has 0 aliphatic carbocycles. The molecule has 2 radical (unpaired) electrons. The number of nitrogens with zero attached hydrogens (tertiary/aromatic N) is 2. The molecule has 1 heterocycles. The van der Waals surface area contributed by atoms with Crippen LogP contribution in [0, 0.1) is 0 Å². The molecule has 1 unspecified atom stereocenters. The van der Waals surface area contributed by atoms with Crippen molar-refractivity contribution in [3.05, 3.63) is 60.4 Å². The first-order chi connectivity index (χ1) is 12.1. The van der Waals surface area contributed by atoms with Crippen LogP contribution in [-0.2, 0) is 30.0 Å². The summed E-state index contributed by atoms with van der Waals surface area (Å²) < 4.78 is 9.32. The quantitative estimate of drug-likeness (QED) is 0.392. The van der Waals surface area contributed by atoms with Gasteiger partial charge in [0.15, 0.2) is 0 Å². The summed E-state index contributed by atoms with van der Waals surface area (Å²) in [5, 5.41) is 2.39. The number of carbonyl (C=O) groups excluding carboxylic acids is 1. The number of imidazole rings is 1. The lowest BCUT2D eigenvalue weighted by Gasteiger charge is -2.25. The molecule has 1 aromatic heterocycles. The maximum Gasteiger partial charge on any atom is 0.268 e. The summed E-state index contributed by atoms with van der Waals surface area (Å²) in [6.45, 7) is 2.23. The highest BCUT2D eigenvalue weighted by Gasteiger charge is 2.15. The Labute approximate surface area is 149 Å². The van der Waals surface area contributed by atoms with Gasteiger partial charge in [0.25, 0.3) is 5.97 Å². The molecule has 0 fully saturated rings. The van der Waals surface area contributed by atoms with E-state index in [1.807, 2.05) is 62.0 Å². The molecule has 0 aliphatic heterocycles. The number of fused-ring (bicyclic) bond motifs is 1. The van der Waals surface area contributed by atoms with Gasteiger partial charge in [0.05, 0.1) is 20.7 Å². The van der Waals surface area contributed by atoms with Crippen LogP contribution in [0.4, 0.5) is 0 Å². The Bertz CT molecular complexity index is 869. The molecular formula is C20H23BN2O2. The fraction of sp³-hybridized carbons (Fsp3) is 0.300. The number of ether oxygens (including phenoxy) is 1. The van der Waals surface area contributed by atoms with Crippen molar-refractivity contribution in [2.45, 2.75) is 19.2 Å². The topological polar surface area (TPSA) is 35.1 Å². The molecule has 1 atom stereocenters. The Kier molecular flexibility index (Phi) is 5.22. The van der Waals surface area contributed by atoms with Crippen LogP contribution in [-0.4, -0.2) is 24.4 Å². The van der Waals surface area contributed by atoms with Gasteiger partial charge >= 0.3 is 0 Å². The number of benzene rings is 2. The lowest BCUT2D eigenvalue weighted by Crippen LogP contribution is -2.51. The molecule has 25 heavy (non-hydrogen) atoms. The average Bonchev–Trinajstić information content (AvgIpc) is 2.93. The first kappa shape index (κ1) is 17.3. The molecular weight excluding hydrogens is 311 g/mol. The maximum atomic E-state index is 12.5. The molecule has 0 bridgehead atoms. The third kappa shape index (κ3) is 3.93. The highest BCUT2D eigenvalue weighted by molar-refractivity contribution is 6.56. The van der Waals surface area contributed by atoms with Crippen LogP contribution >= 0.6 is 0 Å². The number of carbonyl (C=O) groups is 1. The van der Waals surface area contributed by atoms with E-state index in [9.17, 15) is 4.79 Å². The molecule has 0 saturated carbocycles. The first-order valence-corrected chi connectivity index (χ1v) is 8.58. The van der Waals surface area contributed by atoms with Crippen LogP contribution < -0.4 is 10.3 Å². The van der Waals surface area contributed by atoms with Crippen molar-refractivity contribution in [1.29, 1.82) is 0 Å². The van der Waals surface area contributed by atoms with Crippen molar-refractivity contribution in [3.8, 4) is 0 Å². The maximum absolute atomic E-state index is 12.5. The third-order valence-corrected chi connectivity index (χ3v) is 4.45. The molecule has 0 spiro atoms. The Morgan fingerprint density at radius 1 is 1.24 bits per heavy atom. The van der Waals surface area contributed by atoms with Gasteiger partial charge in [-0.05, 0) is 23.3 Å². The number of hydrogen-bond donors (Lipinski definition) is 0. The zero-order valence-electron chi connectivity index (χ0n) is 15.0. The molecule has 3 aromatic rings. The van der Waals surface area contributed by atoms with E-state index in [2.05, 4.69) is 30.3 Å². The zero-order valence-corrected chi connectivity index (χ0v) is 15.0. The van der Waals surface area contributed by atoms with E-state index in [1.165, 1.54) is 10.8 Å². The third-order valence-electron chi connectivity index (χ3n) is 4.45. The standard InChI is InChI=1S/C20H23BN2O2/c1-4-25-19(24)18(21-20-22(2)11-12-23(20)3)14-15-9-10-16-7-5-6-8-17(16)13-15/h5-13,18H,4,14H2,1-3H3. The van der Waals surface area contributed by atoms with Gasteiger partial charge in [-0.3, -0.25) is 13.9 Å². The molecule has 128 valence electrons.